The Morgan fingerprint density at radius 1 is 1.19 bits per heavy atom. The molecule has 1 aromatic rings. The summed E-state index contributed by atoms with van der Waals surface area (Å²) in [6.07, 6.45) is 4.26. The Hall–Kier alpha value is -2.57. The molecule has 0 unspecified atom stereocenters. The standard InChI is InChI=1S/C20H31N5O2/c1-4-21-20(23-14-18(26)25(2)3)22-13-15-8-7-11-17(12-15)24-19(27)16-9-5-6-10-16/h7-8,11-12,16H,4-6,9-10,13-14H2,1-3H3,(H,24,27)(H2,21,22,23). The molecule has 148 valence electrons. The zero-order valence-corrected chi connectivity index (χ0v) is 16.5. The second-order valence-corrected chi connectivity index (χ2v) is 7.01. The highest BCUT2D eigenvalue weighted by Gasteiger charge is 2.22. The van der Waals surface area contributed by atoms with Gasteiger partial charge in [-0.05, 0) is 37.5 Å². The van der Waals surface area contributed by atoms with E-state index in [-0.39, 0.29) is 24.3 Å². The molecule has 0 bridgehead atoms. The zero-order valence-electron chi connectivity index (χ0n) is 16.5. The minimum absolute atomic E-state index is 0.0165. The fraction of sp³-hybridized carbons (Fsp3) is 0.550. The van der Waals surface area contributed by atoms with Crippen LogP contribution in [-0.2, 0) is 16.1 Å². The number of hydrogen-bond acceptors (Lipinski definition) is 3. The molecule has 27 heavy (non-hydrogen) atoms. The van der Waals surface area contributed by atoms with E-state index in [1.165, 1.54) is 4.90 Å². The lowest BCUT2D eigenvalue weighted by Crippen LogP contribution is -2.42. The number of nitrogens with zero attached hydrogens (tertiary/aromatic N) is 2. The number of hydrogen-bond donors (Lipinski definition) is 3. The van der Waals surface area contributed by atoms with Crippen molar-refractivity contribution in [1.82, 2.24) is 15.5 Å². The van der Waals surface area contributed by atoms with Crippen LogP contribution in [-0.4, -0.2) is 49.9 Å². The van der Waals surface area contributed by atoms with Crippen LogP contribution in [0.1, 0.15) is 38.2 Å². The molecular formula is C20H31N5O2. The molecule has 1 saturated carbocycles. The lowest BCUT2D eigenvalue weighted by atomic mass is 10.1. The van der Waals surface area contributed by atoms with E-state index in [9.17, 15) is 9.59 Å². The van der Waals surface area contributed by atoms with Gasteiger partial charge < -0.3 is 20.9 Å². The maximum absolute atomic E-state index is 12.3. The van der Waals surface area contributed by atoms with Gasteiger partial charge in [0.05, 0.1) is 13.1 Å². The van der Waals surface area contributed by atoms with Crippen LogP contribution in [0.5, 0.6) is 0 Å². The smallest absolute Gasteiger partial charge is 0.241 e. The van der Waals surface area contributed by atoms with Crippen LogP contribution in [0.3, 0.4) is 0 Å². The summed E-state index contributed by atoms with van der Waals surface area (Å²) in [5, 5.41) is 9.18. The Kier molecular flexibility index (Phi) is 8.10. The molecule has 7 heteroatoms. The topological polar surface area (TPSA) is 85.8 Å². The van der Waals surface area contributed by atoms with Gasteiger partial charge in [0.1, 0.15) is 0 Å². The van der Waals surface area contributed by atoms with Crippen molar-refractivity contribution in [3.05, 3.63) is 29.8 Å². The first-order chi connectivity index (χ1) is 13.0. The second kappa shape index (κ2) is 10.5. The number of likely N-dealkylation sites (N-methyl/N-ethyl adjacent to an activating group) is 1. The van der Waals surface area contributed by atoms with Crippen molar-refractivity contribution >= 4 is 23.5 Å². The van der Waals surface area contributed by atoms with Gasteiger partial charge in [-0.3, -0.25) is 9.59 Å². The number of benzene rings is 1. The van der Waals surface area contributed by atoms with Crippen LogP contribution in [0, 0.1) is 5.92 Å². The van der Waals surface area contributed by atoms with Gasteiger partial charge in [-0.25, -0.2) is 4.99 Å². The number of aliphatic imine (C=N–C) groups is 1. The van der Waals surface area contributed by atoms with E-state index in [1.54, 1.807) is 14.1 Å². The molecule has 0 atom stereocenters. The molecule has 1 aliphatic rings. The summed E-state index contributed by atoms with van der Waals surface area (Å²) in [6.45, 7) is 3.33. The second-order valence-electron chi connectivity index (χ2n) is 7.01. The highest BCUT2D eigenvalue weighted by molar-refractivity contribution is 5.92. The Bertz CT molecular complexity index is 666. The van der Waals surface area contributed by atoms with E-state index in [0.717, 1.165) is 36.9 Å². The summed E-state index contributed by atoms with van der Waals surface area (Å²) in [7, 11) is 3.44. The molecular weight excluding hydrogens is 342 g/mol. The molecule has 7 nitrogen and oxygen atoms in total. The number of amides is 2. The predicted molar refractivity (Wildman–Crippen MR) is 109 cm³/mol. The van der Waals surface area contributed by atoms with Gasteiger partial charge >= 0.3 is 0 Å². The van der Waals surface area contributed by atoms with Crippen molar-refractivity contribution < 1.29 is 9.59 Å². The summed E-state index contributed by atoms with van der Waals surface area (Å²) in [5.41, 5.74) is 1.80. The van der Waals surface area contributed by atoms with E-state index in [0.29, 0.717) is 19.0 Å². The van der Waals surface area contributed by atoms with Gasteiger partial charge in [0.2, 0.25) is 11.8 Å². The number of nitrogens with one attached hydrogen (secondary N) is 3. The molecule has 0 saturated heterocycles. The number of carbonyl (C=O) groups is 2. The van der Waals surface area contributed by atoms with E-state index >= 15 is 0 Å². The quantitative estimate of drug-likeness (QED) is 0.504. The summed E-state index contributed by atoms with van der Waals surface area (Å²) >= 11 is 0. The largest absolute Gasteiger partial charge is 0.357 e. The van der Waals surface area contributed by atoms with Gasteiger partial charge in [0.25, 0.3) is 0 Å². The van der Waals surface area contributed by atoms with Crippen LogP contribution < -0.4 is 16.0 Å². The lowest BCUT2D eigenvalue weighted by Gasteiger charge is -2.14. The van der Waals surface area contributed by atoms with Gasteiger partial charge in [-0.1, -0.05) is 25.0 Å². The van der Waals surface area contributed by atoms with E-state index in [2.05, 4.69) is 20.9 Å². The first-order valence-corrected chi connectivity index (χ1v) is 9.61. The van der Waals surface area contributed by atoms with Crippen LogP contribution in [0.2, 0.25) is 0 Å². The fourth-order valence-corrected chi connectivity index (χ4v) is 3.01. The van der Waals surface area contributed by atoms with Gasteiger partial charge in [0.15, 0.2) is 5.96 Å². The van der Waals surface area contributed by atoms with Crippen LogP contribution in [0.4, 0.5) is 5.69 Å². The highest BCUT2D eigenvalue weighted by atomic mass is 16.2. The van der Waals surface area contributed by atoms with Crippen molar-refractivity contribution in [2.75, 3.05) is 32.5 Å². The third-order valence-corrected chi connectivity index (χ3v) is 4.59. The molecule has 1 aliphatic carbocycles. The monoisotopic (exact) mass is 373 g/mol. The number of carbonyl (C=O) groups excluding carboxylic acids is 2. The molecule has 0 aromatic heterocycles. The summed E-state index contributed by atoms with van der Waals surface area (Å²) in [5.74, 6) is 0.834. The third-order valence-electron chi connectivity index (χ3n) is 4.59. The third kappa shape index (κ3) is 6.92. The Balaban J connectivity index is 1.94. The predicted octanol–water partition coefficient (Wildman–Crippen LogP) is 1.96. The SMILES string of the molecule is CCNC(=NCc1cccc(NC(=O)C2CCCC2)c1)NCC(=O)N(C)C. The summed E-state index contributed by atoms with van der Waals surface area (Å²) < 4.78 is 0. The van der Waals surface area contributed by atoms with E-state index < -0.39 is 0 Å². The molecule has 3 N–H and O–H groups in total. The first-order valence-electron chi connectivity index (χ1n) is 9.61. The van der Waals surface area contributed by atoms with Gasteiger partial charge in [0, 0.05) is 32.2 Å². The molecule has 0 radical (unpaired) electrons. The molecule has 1 fully saturated rings. The van der Waals surface area contributed by atoms with Gasteiger partial charge in [-0.15, -0.1) is 0 Å². The van der Waals surface area contributed by atoms with E-state index in [4.69, 9.17) is 0 Å². The number of rotatable bonds is 7. The molecule has 0 spiro atoms. The Morgan fingerprint density at radius 3 is 2.59 bits per heavy atom. The van der Waals surface area contributed by atoms with Crippen molar-refractivity contribution in [3.63, 3.8) is 0 Å². The lowest BCUT2D eigenvalue weighted by molar-refractivity contribution is -0.127. The summed E-state index contributed by atoms with van der Waals surface area (Å²) in [4.78, 5) is 30.1. The molecule has 1 aromatic carbocycles. The van der Waals surface area contributed by atoms with Crippen molar-refractivity contribution in [2.45, 2.75) is 39.2 Å². The Labute approximate surface area is 161 Å². The number of anilines is 1. The molecule has 2 rings (SSSR count). The molecule has 0 aliphatic heterocycles. The number of guanidine groups is 1. The van der Waals surface area contributed by atoms with E-state index in [1.807, 2.05) is 31.2 Å². The normalized spacial score (nSPS) is 14.7. The summed E-state index contributed by atoms with van der Waals surface area (Å²) in [6, 6.07) is 7.75. The molecule has 2 amide bonds. The average molecular weight is 374 g/mol. The molecule has 0 heterocycles. The first kappa shape index (κ1) is 20.7. The average Bonchev–Trinajstić information content (AvgIpc) is 3.19. The highest BCUT2D eigenvalue weighted by Crippen LogP contribution is 2.26. The van der Waals surface area contributed by atoms with Crippen LogP contribution in [0.15, 0.2) is 29.3 Å². The van der Waals surface area contributed by atoms with Crippen molar-refractivity contribution in [2.24, 2.45) is 10.9 Å². The van der Waals surface area contributed by atoms with Crippen molar-refractivity contribution in [1.29, 1.82) is 0 Å². The van der Waals surface area contributed by atoms with Gasteiger partial charge in [-0.2, -0.15) is 0 Å². The van der Waals surface area contributed by atoms with Crippen molar-refractivity contribution in [3.8, 4) is 0 Å². The minimum atomic E-state index is -0.0165. The van der Waals surface area contributed by atoms with Crippen LogP contribution >= 0.6 is 0 Å². The fourth-order valence-electron chi connectivity index (χ4n) is 3.01. The maximum atomic E-state index is 12.3. The minimum Gasteiger partial charge on any atom is -0.357 e. The Morgan fingerprint density at radius 2 is 1.93 bits per heavy atom. The zero-order chi connectivity index (χ0) is 19.6. The van der Waals surface area contributed by atoms with Crippen LogP contribution in [0.25, 0.3) is 0 Å². The maximum Gasteiger partial charge on any atom is 0.241 e.